The van der Waals surface area contributed by atoms with Crippen LogP contribution >= 0.6 is 50.4 Å². The van der Waals surface area contributed by atoms with Crippen molar-refractivity contribution >= 4 is 62.0 Å². The van der Waals surface area contributed by atoms with Crippen molar-refractivity contribution in [3.05, 3.63) is 37.3 Å². The molecule has 0 amide bonds. The third kappa shape index (κ3) is 3.57. The number of hydrogen-bond donors (Lipinski definition) is 0. The summed E-state index contributed by atoms with van der Waals surface area (Å²) in [5.41, 5.74) is 3.39. The number of halogens is 1. The normalized spacial score (nSPS) is 18.0. The van der Waals surface area contributed by atoms with Crippen LogP contribution in [0.15, 0.2) is 30.7 Å². The van der Waals surface area contributed by atoms with E-state index in [0.29, 0.717) is 4.88 Å². The minimum atomic E-state index is -0.391. The lowest BCUT2D eigenvalue weighted by Gasteiger charge is -2.30. The SMILES string of the molecule is CSc1sc(Br)c2c1C(=NOC(=O)c1cccs1)CC(C)(C)C2. The van der Waals surface area contributed by atoms with Crippen LogP contribution in [0.25, 0.3) is 0 Å². The highest BCUT2D eigenvalue weighted by molar-refractivity contribution is 9.11. The molecule has 0 radical (unpaired) electrons. The van der Waals surface area contributed by atoms with Gasteiger partial charge in [-0.2, -0.15) is 0 Å². The molecule has 1 aliphatic carbocycles. The minimum absolute atomic E-state index is 0.0977. The first kappa shape index (κ1) is 17.2. The minimum Gasteiger partial charge on any atom is -0.312 e. The zero-order valence-electron chi connectivity index (χ0n) is 13.0. The van der Waals surface area contributed by atoms with Crippen molar-refractivity contribution < 1.29 is 9.63 Å². The standard InChI is InChI=1S/C16H16BrNO2S3/c1-16(2)7-9-12(15(21-3)23-13(9)17)10(8-16)18-20-14(19)11-5-4-6-22-11/h4-6H,7-8H2,1-3H3. The summed E-state index contributed by atoms with van der Waals surface area (Å²) in [7, 11) is 0. The monoisotopic (exact) mass is 429 g/mol. The van der Waals surface area contributed by atoms with Gasteiger partial charge in [0.1, 0.15) is 4.88 Å². The molecule has 1 aliphatic rings. The van der Waals surface area contributed by atoms with E-state index in [2.05, 4.69) is 41.2 Å². The molecule has 0 spiro atoms. The summed E-state index contributed by atoms with van der Waals surface area (Å²) in [4.78, 5) is 17.8. The third-order valence-corrected chi connectivity index (χ3v) is 7.62. The Labute approximate surface area is 156 Å². The average molecular weight is 430 g/mol. The van der Waals surface area contributed by atoms with Crippen LogP contribution in [0.4, 0.5) is 0 Å². The van der Waals surface area contributed by atoms with Crippen molar-refractivity contribution in [1.29, 1.82) is 0 Å². The lowest BCUT2D eigenvalue weighted by molar-refractivity contribution is 0.0519. The Morgan fingerprint density at radius 1 is 1.43 bits per heavy atom. The van der Waals surface area contributed by atoms with Gasteiger partial charge in [-0.1, -0.05) is 25.1 Å². The summed E-state index contributed by atoms with van der Waals surface area (Å²) in [5.74, 6) is -0.391. The summed E-state index contributed by atoms with van der Waals surface area (Å²) >= 11 is 8.48. The first-order valence-electron chi connectivity index (χ1n) is 7.08. The molecular formula is C16H16BrNO2S3. The lowest BCUT2D eigenvalue weighted by Crippen LogP contribution is -2.27. The van der Waals surface area contributed by atoms with Gasteiger partial charge in [-0.3, -0.25) is 0 Å². The summed E-state index contributed by atoms with van der Waals surface area (Å²) in [6.07, 6.45) is 3.86. The highest BCUT2D eigenvalue weighted by Crippen LogP contribution is 2.46. The Balaban J connectivity index is 1.96. The van der Waals surface area contributed by atoms with Crippen LogP contribution in [-0.2, 0) is 11.3 Å². The molecule has 0 saturated carbocycles. The van der Waals surface area contributed by atoms with Gasteiger partial charge in [0.15, 0.2) is 0 Å². The second kappa shape index (κ2) is 6.70. The highest BCUT2D eigenvalue weighted by atomic mass is 79.9. The molecule has 0 bridgehead atoms. The van der Waals surface area contributed by atoms with E-state index in [1.165, 1.54) is 21.1 Å². The van der Waals surface area contributed by atoms with Crippen molar-refractivity contribution in [3.63, 3.8) is 0 Å². The maximum absolute atomic E-state index is 12.1. The number of carbonyl (C=O) groups excluding carboxylic acids is 1. The summed E-state index contributed by atoms with van der Waals surface area (Å²) in [6, 6.07) is 3.58. The van der Waals surface area contributed by atoms with Crippen LogP contribution in [0, 0.1) is 5.41 Å². The van der Waals surface area contributed by atoms with E-state index in [1.54, 1.807) is 29.2 Å². The molecule has 0 saturated heterocycles. The number of fused-ring (bicyclic) bond motifs is 1. The van der Waals surface area contributed by atoms with Crippen molar-refractivity contribution in [1.82, 2.24) is 0 Å². The van der Waals surface area contributed by atoms with Gasteiger partial charge in [-0.05, 0) is 57.5 Å². The molecule has 0 atom stereocenters. The van der Waals surface area contributed by atoms with Crippen LogP contribution < -0.4 is 0 Å². The number of rotatable bonds is 3. The van der Waals surface area contributed by atoms with Crippen molar-refractivity contribution in [2.75, 3.05) is 6.26 Å². The molecule has 122 valence electrons. The second-order valence-corrected chi connectivity index (χ2v) is 10.5. The Morgan fingerprint density at radius 3 is 2.87 bits per heavy atom. The fourth-order valence-electron chi connectivity index (χ4n) is 2.71. The maximum atomic E-state index is 12.1. The van der Waals surface area contributed by atoms with Crippen molar-refractivity contribution in [3.8, 4) is 0 Å². The summed E-state index contributed by atoms with van der Waals surface area (Å²) in [6.45, 7) is 4.44. The molecule has 3 rings (SSSR count). The molecule has 2 heterocycles. The maximum Gasteiger partial charge on any atom is 0.375 e. The molecular weight excluding hydrogens is 414 g/mol. The molecule has 3 nitrogen and oxygen atoms in total. The van der Waals surface area contributed by atoms with E-state index < -0.39 is 5.97 Å². The van der Waals surface area contributed by atoms with Crippen LogP contribution in [0.2, 0.25) is 0 Å². The van der Waals surface area contributed by atoms with Gasteiger partial charge in [0, 0.05) is 5.56 Å². The van der Waals surface area contributed by atoms with E-state index in [4.69, 9.17) is 4.84 Å². The van der Waals surface area contributed by atoms with Gasteiger partial charge in [0.25, 0.3) is 0 Å². The fourth-order valence-corrected chi connectivity index (χ4v) is 6.28. The topological polar surface area (TPSA) is 38.7 Å². The quantitative estimate of drug-likeness (QED) is 0.350. The molecule has 0 aliphatic heterocycles. The fraction of sp³-hybridized carbons (Fsp3) is 0.375. The Hall–Kier alpha value is -0.630. The lowest BCUT2D eigenvalue weighted by atomic mass is 9.75. The molecule has 0 unspecified atom stereocenters. The third-order valence-electron chi connectivity index (χ3n) is 3.66. The predicted octanol–water partition coefficient (Wildman–Crippen LogP) is 5.83. The molecule has 0 fully saturated rings. The van der Waals surface area contributed by atoms with Gasteiger partial charge >= 0.3 is 5.97 Å². The first-order valence-corrected chi connectivity index (χ1v) is 10.8. The van der Waals surface area contributed by atoms with Crippen LogP contribution in [-0.4, -0.2) is 17.9 Å². The van der Waals surface area contributed by atoms with Crippen LogP contribution in [0.5, 0.6) is 0 Å². The molecule has 2 aromatic heterocycles. The van der Waals surface area contributed by atoms with Crippen molar-refractivity contribution in [2.45, 2.75) is 30.9 Å². The molecule has 7 heteroatoms. The van der Waals surface area contributed by atoms with E-state index in [1.807, 2.05) is 11.4 Å². The van der Waals surface area contributed by atoms with Crippen LogP contribution in [0.1, 0.15) is 41.1 Å². The zero-order valence-corrected chi connectivity index (χ0v) is 17.0. The van der Waals surface area contributed by atoms with Gasteiger partial charge in [0.2, 0.25) is 0 Å². The van der Waals surface area contributed by atoms with E-state index >= 15 is 0 Å². The highest BCUT2D eigenvalue weighted by Gasteiger charge is 2.35. The zero-order chi connectivity index (χ0) is 16.6. The van der Waals surface area contributed by atoms with E-state index in [0.717, 1.165) is 27.9 Å². The second-order valence-electron chi connectivity index (χ2n) is 6.13. The number of thioether (sulfide) groups is 1. The largest absolute Gasteiger partial charge is 0.375 e. The average Bonchev–Trinajstić information content (AvgIpc) is 3.12. The number of thiophene rings is 2. The number of nitrogens with zero attached hydrogens (tertiary/aromatic N) is 1. The summed E-state index contributed by atoms with van der Waals surface area (Å²) < 4.78 is 2.37. The van der Waals surface area contributed by atoms with Gasteiger partial charge in [-0.15, -0.1) is 34.4 Å². The molecule has 23 heavy (non-hydrogen) atoms. The Morgan fingerprint density at radius 2 is 2.22 bits per heavy atom. The number of carbonyl (C=O) groups is 1. The number of hydrogen-bond acceptors (Lipinski definition) is 6. The Bertz CT molecular complexity index is 763. The molecule has 0 N–H and O–H groups in total. The van der Waals surface area contributed by atoms with Crippen LogP contribution in [0.3, 0.4) is 0 Å². The smallest absolute Gasteiger partial charge is 0.312 e. The Kier molecular flexibility index (Phi) is 5.01. The van der Waals surface area contributed by atoms with E-state index in [9.17, 15) is 4.79 Å². The van der Waals surface area contributed by atoms with Gasteiger partial charge in [0.05, 0.1) is 13.7 Å². The van der Waals surface area contributed by atoms with Gasteiger partial charge in [-0.25, -0.2) is 4.79 Å². The molecule has 2 aromatic rings. The van der Waals surface area contributed by atoms with Crippen molar-refractivity contribution in [2.24, 2.45) is 10.6 Å². The predicted molar refractivity (Wildman–Crippen MR) is 102 cm³/mol. The first-order chi connectivity index (χ1) is 10.9. The summed E-state index contributed by atoms with van der Waals surface area (Å²) in [5, 5.41) is 6.10. The number of oxime groups is 1. The van der Waals surface area contributed by atoms with E-state index in [-0.39, 0.29) is 5.41 Å². The van der Waals surface area contributed by atoms with Gasteiger partial charge < -0.3 is 4.84 Å². The molecule has 0 aromatic carbocycles.